The second kappa shape index (κ2) is 9.95. The van der Waals surface area contributed by atoms with Crippen molar-refractivity contribution in [2.24, 2.45) is 0 Å². The van der Waals surface area contributed by atoms with Crippen LogP contribution in [0.1, 0.15) is 38.9 Å². The summed E-state index contributed by atoms with van der Waals surface area (Å²) in [5, 5.41) is 2.71. The van der Waals surface area contributed by atoms with E-state index in [4.69, 9.17) is 17.0 Å². The van der Waals surface area contributed by atoms with E-state index in [2.05, 4.69) is 78.8 Å². The normalized spacial score (nSPS) is 9.71. The van der Waals surface area contributed by atoms with Gasteiger partial charge in [0.1, 0.15) is 0 Å². The van der Waals surface area contributed by atoms with Gasteiger partial charge in [0, 0.05) is 0 Å². The summed E-state index contributed by atoms with van der Waals surface area (Å²) in [6, 6.07) is 10.9. The standard InChI is InChI=1S/C11H11.C10H15.2ClH.Zr/c1-8-6-10-4-3-5-11(10)7-9(8)2;1-6-7(2)9(4)10(5)8(6)3;;;/h3-7H,1-2H3;1-5H3;2*1H;/q2*-1;;;+4/p-2. The molecule has 0 nitrogen and oxygen atoms in total. The molecular weight excluding hydrogens is 414 g/mol. The summed E-state index contributed by atoms with van der Waals surface area (Å²) in [5.74, 6) is 0. The number of halogens is 2. The Hall–Kier alpha value is -0.357. The van der Waals surface area contributed by atoms with Crippen molar-refractivity contribution in [3.63, 3.8) is 0 Å². The molecule has 0 aromatic heterocycles. The first-order chi connectivity index (χ1) is 11.2. The van der Waals surface area contributed by atoms with Crippen molar-refractivity contribution in [3.05, 3.63) is 69.3 Å². The van der Waals surface area contributed by atoms with E-state index < -0.39 is 20.8 Å². The molecule has 3 aromatic rings. The Labute approximate surface area is 165 Å². The van der Waals surface area contributed by atoms with Crippen molar-refractivity contribution in [1.29, 1.82) is 0 Å². The van der Waals surface area contributed by atoms with Gasteiger partial charge in [-0.2, -0.15) is 39.9 Å². The molecule has 128 valence electrons. The van der Waals surface area contributed by atoms with Crippen LogP contribution < -0.4 is 0 Å². The van der Waals surface area contributed by atoms with E-state index in [1.54, 1.807) is 0 Å². The predicted octanol–water partition coefficient (Wildman–Crippen LogP) is 7.50. The van der Waals surface area contributed by atoms with Crippen molar-refractivity contribution in [2.75, 3.05) is 0 Å². The van der Waals surface area contributed by atoms with Crippen LogP contribution in [0.3, 0.4) is 0 Å². The van der Waals surface area contributed by atoms with E-state index in [1.807, 2.05) is 0 Å². The molecule has 0 aliphatic heterocycles. The Kier molecular flexibility index (Phi) is 8.99. The summed E-state index contributed by atoms with van der Waals surface area (Å²) >= 11 is -0.826. The van der Waals surface area contributed by atoms with Crippen LogP contribution in [0.2, 0.25) is 0 Å². The number of fused-ring (bicyclic) bond motifs is 1. The van der Waals surface area contributed by atoms with Crippen LogP contribution in [0.5, 0.6) is 0 Å². The molecule has 24 heavy (non-hydrogen) atoms. The van der Waals surface area contributed by atoms with Crippen LogP contribution in [0, 0.1) is 48.5 Å². The van der Waals surface area contributed by atoms with Gasteiger partial charge < -0.3 is 0 Å². The third-order valence-corrected chi connectivity index (χ3v) is 5.06. The Balaban J connectivity index is 0.000000208. The molecule has 0 heterocycles. The van der Waals surface area contributed by atoms with E-state index in [-0.39, 0.29) is 0 Å². The average molecular weight is 441 g/mol. The Morgan fingerprint density at radius 2 is 1.33 bits per heavy atom. The first-order valence-electron chi connectivity index (χ1n) is 8.03. The molecule has 0 bridgehead atoms. The first kappa shape index (κ1) is 21.7. The minimum absolute atomic E-state index is 0.826. The van der Waals surface area contributed by atoms with Gasteiger partial charge in [-0.25, -0.2) is 0 Å². The zero-order valence-electron chi connectivity index (χ0n) is 15.6. The maximum atomic E-state index is 4.93. The zero-order valence-corrected chi connectivity index (χ0v) is 19.6. The van der Waals surface area contributed by atoms with Crippen LogP contribution in [0.4, 0.5) is 0 Å². The fraction of sp³-hybridized carbons (Fsp3) is 0.333. The SMILES string of the molecule is Cc1c(C)c(C)[c-](C)c1C.Cc1cc2cc[cH-]c2cc1C.[Cl][Zr+2][Cl]. The van der Waals surface area contributed by atoms with Crippen LogP contribution >= 0.6 is 17.0 Å². The Morgan fingerprint density at radius 1 is 0.875 bits per heavy atom. The van der Waals surface area contributed by atoms with Gasteiger partial charge >= 0.3 is 37.9 Å². The molecule has 0 radical (unpaired) electrons. The molecular formula is C21H26Cl2Zr. The molecule has 0 fully saturated rings. The molecule has 0 amide bonds. The number of hydrogen-bond acceptors (Lipinski definition) is 0. The van der Waals surface area contributed by atoms with Gasteiger partial charge in [0.15, 0.2) is 0 Å². The molecule has 0 aliphatic carbocycles. The van der Waals surface area contributed by atoms with Crippen LogP contribution in [-0.4, -0.2) is 0 Å². The van der Waals surface area contributed by atoms with Crippen molar-refractivity contribution in [1.82, 2.24) is 0 Å². The Bertz CT molecular complexity index is 678. The van der Waals surface area contributed by atoms with Crippen molar-refractivity contribution in [3.8, 4) is 0 Å². The van der Waals surface area contributed by atoms with E-state index >= 15 is 0 Å². The number of benzene rings is 1. The van der Waals surface area contributed by atoms with E-state index in [1.165, 1.54) is 49.7 Å². The molecule has 0 unspecified atom stereocenters. The second-order valence-electron chi connectivity index (χ2n) is 6.29. The van der Waals surface area contributed by atoms with E-state index in [9.17, 15) is 0 Å². The van der Waals surface area contributed by atoms with Gasteiger partial charge in [-0.1, -0.05) is 45.7 Å². The van der Waals surface area contributed by atoms with Crippen LogP contribution in [0.15, 0.2) is 30.3 Å². The summed E-state index contributed by atoms with van der Waals surface area (Å²) in [6.07, 6.45) is 0. The van der Waals surface area contributed by atoms with Gasteiger partial charge in [0.25, 0.3) is 0 Å². The summed E-state index contributed by atoms with van der Waals surface area (Å²) in [6.45, 7) is 15.3. The summed E-state index contributed by atoms with van der Waals surface area (Å²) in [4.78, 5) is 0. The predicted molar refractivity (Wildman–Crippen MR) is 106 cm³/mol. The molecule has 0 saturated heterocycles. The van der Waals surface area contributed by atoms with Gasteiger partial charge in [-0.3, -0.25) is 0 Å². The molecule has 0 aliphatic rings. The van der Waals surface area contributed by atoms with Crippen molar-refractivity contribution in [2.45, 2.75) is 48.5 Å². The second-order valence-corrected chi connectivity index (χ2v) is 10.0. The number of rotatable bonds is 0. The van der Waals surface area contributed by atoms with Gasteiger partial charge in [-0.15, -0.1) is 29.0 Å². The third kappa shape index (κ3) is 5.32. The van der Waals surface area contributed by atoms with E-state index in [0.29, 0.717) is 0 Å². The van der Waals surface area contributed by atoms with Crippen LogP contribution in [-0.2, 0) is 20.8 Å². The molecule has 0 atom stereocenters. The maximum absolute atomic E-state index is 4.93. The third-order valence-electron chi connectivity index (χ3n) is 5.06. The van der Waals surface area contributed by atoms with Gasteiger partial charge in [0.2, 0.25) is 0 Å². The number of aryl methyl sites for hydroxylation is 2. The fourth-order valence-electron chi connectivity index (χ4n) is 2.81. The molecule has 3 aromatic carbocycles. The first-order valence-corrected chi connectivity index (χ1v) is 14.4. The number of hydrogen-bond donors (Lipinski definition) is 0. The Morgan fingerprint density at radius 3 is 1.75 bits per heavy atom. The van der Waals surface area contributed by atoms with Crippen molar-refractivity contribution < 1.29 is 20.8 Å². The summed E-state index contributed by atoms with van der Waals surface area (Å²) in [7, 11) is 9.87. The zero-order chi connectivity index (χ0) is 18.4. The van der Waals surface area contributed by atoms with Crippen LogP contribution in [0.25, 0.3) is 10.8 Å². The summed E-state index contributed by atoms with van der Waals surface area (Å²) < 4.78 is 0. The molecule has 3 heteroatoms. The fourth-order valence-corrected chi connectivity index (χ4v) is 2.81. The molecule has 0 spiro atoms. The average Bonchev–Trinajstić information content (AvgIpc) is 3.05. The monoisotopic (exact) mass is 438 g/mol. The topological polar surface area (TPSA) is 0 Å². The van der Waals surface area contributed by atoms with Crippen molar-refractivity contribution >= 4 is 27.8 Å². The minimum atomic E-state index is -0.826. The molecule has 3 rings (SSSR count). The molecule has 0 N–H and O–H groups in total. The van der Waals surface area contributed by atoms with Gasteiger partial charge in [-0.05, 0) is 13.8 Å². The van der Waals surface area contributed by atoms with Gasteiger partial charge in [0.05, 0.1) is 0 Å². The summed E-state index contributed by atoms with van der Waals surface area (Å²) in [5.41, 5.74) is 10.1. The quantitative estimate of drug-likeness (QED) is 0.318. The van der Waals surface area contributed by atoms with E-state index in [0.717, 1.165) is 0 Å². The molecule has 0 saturated carbocycles.